The molecule has 1 unspecified atom stereocenters. The Morgan fingerprint density at radius 2 is 2.00 bits per heavy atom. The summed E-state index contributed by atoms with van der Waals surface area (Å²) in [6.45, 7) is 7.15. The van der Waals surface area contributed by atoms with Gasteiger partial charge < -0.3 is 10.0 Å². The van der Waals surface area contributed by atoms with Gasteiger partial charge in [-0.2, -0.15) is 0 Å². The van der Waals surface area contributed by atoms with Gasteiger partial charge in [0.2, 0.25) is 0 Å². The summed E-state index contributed by atoms with van der Waals surface area (Å²) in [5.74, 6) is -0.267. The van der Waals surface area contributed by atoms with Crippen LogP contribution in [0.15, 0.2) is 22.7 Å². The summed E-state index contributed by atoms with van der Waals surface area (Å²) in [5, 5.41) is 9.97. The Kier molecular flexibility index (Phi) is 6.82. The quantitative estimate of drug-likeness (QED) is 0.834. The van der Waals surface area contributed by atoms with Crippen LogP contribution >= 0.6 is 15.9 Å². The maximum absolute atomic E-state index is 13.1. The van der Waals surface area contributed by atoms with Crippen molar-refractivity contribution in [3.05, 3.63) is 34.1 Å². The number of aliphatic hydroxyl groups is 1. The summed E-state index contributed by atoms with van der Waals surface area (Å²) in [6, 6.07) is 4.88. The van der Waals surface area contributed by atoms with Crippen LogP contribution in [0.5, 0.6) is 0 Å². The highest BCUT2D eigenvalue weighted by Crippen LogP contribution is 2.18. The summed E-state index contributed by atoms with van der Waals surface area (Å²) >= 11 is 3.16. The molecule has 1 rings (SSSR count). The molecule has 0 saturated heterocycles. The minimum Gasteiger partial charge on any atom is -0.393 e. The summed E-state index contributed by atoms with van der Waals surface area (Å²) in [5.41, 5.74) is 0.954. The van der Waals surface area contributed by atoms with Gasteiger partial charge in [-0.1, -0.05) is 19.9 Å². The molecule has 18 heavy (non-hydrogen) atoms. The highest BCUT2D eigenvalue weighted by molar-refractivity contribution is 9.10. The first-order valence-electron chi connectivity index (χ1n) is 6.41. The topological polar surface area (TPSA) is 23.5 Å². The van der Waals surface area contributed by atoms with Crippen molar-refractivity contribution in [2.24, 2.45) is 0 Å². The number of aliphatic hydroxyl groups excluding tert-OH is 1. The Morgan fingerprint density at radius 3 is 2.56 bits per heavy atom. The first kappa shape index (κ1) is 15.6. The summed E-state index contributed by atoms with van der Waals surface area (Å²) in [6.07, 6.45) is 0.944. The molecule has 0 amide bonds. The Bertz CT molecular complexity index is 369. The van der Waals surface area contributed by atoms with E-state index < -0.39 is 0 Å². The van der Waals surface area contributed by atoms with Gasteiger partial charge in [0.25, 0.3) is 0 Å². The molecule has 102 valence electrons. The molecule has 0 aromatic heterocycles. The third-order valence-electron chi connectivity index (χ3n) is 3.13. The molecule has 1 atom stereocenters. The number of halogens is 2. The van der Waals surface area contributed by atoms with E-state index >= 15 is 0 Å². The lowest BCUT2D eigenvalue weighted by Crippen LogP contribution is -2.27. The van der Waals surface area contributed by atoms with Crippen LogP contribution < -0.4 is 0 Å². The fourth-order valence-corrected chi connectivity index (χ4v) is 2.34. The van der Waals surface area contributed by atoms with E-state index in [1.807, 2.05) is 0 Å². The Balaban J connectivity index is 2.44. The largest absolute Gasteiger partial charge is 0.393 e. The van der Waals surface area contributed by atoms with Crippen LogP contribution in [0.4, 0.5) is 4.39 Å². The van der Waals surface area contributed by atoms with E-state index in [-0.39, 0.29) is 11.9 Å². The average molecular weight is 318 g/mol. The van der Waals surface area contributed by atoms with Gasteiger partial charge >= 0.3 is 0 Å². The van der Waals surface area contributed by atoms with Gasteiger partial charge in [-0.15, -0.1) is 0 Å². The fourth-order valence-electron chi connectivity index (χ4n) is 1.91. The van der Waals surface area contributed by atoms with E-state index in [1.165, 1.54) is 6.07 Å². The van der Waals surface area contributed by atoms with Crippen molar-refractivity contribution in [2.45, 2.75) is 32.8 Å². The van der Waals surface area contributed by atoms with E-state index in [4.69, 9.17) is 0 Å². The average Bonchev–Trinajstić information content (AvgIpc) is 2.35. The minimum absolute atomic E-state index is 0.267. The molecule has 0 heterocycles. The molecule has 0 aliphatic rings. The Hall–Kier alpha value is -0.450. The lowest BCUT2D eigenvalue weighted by Gasteiger charge is -2.20. The van der Waals surface area contributed by atoms with Crippen LogP contribution in [0, 0.1) is 5.82 Å². The van der Waals surface area contributed by atoms with Gasteiger partial charge in [0.15, 0.2) is 0 Å². The van der Waals surface area contributed by atoms with Gasteiger partial charge in [0.05, 0.1) is 10.6 Å². The number of hydrogen-bond acceptors (Lipinski definition) is 2. The summed E-state index contributed by atoms with van der Waals surface area (Å²) in [7, 11) is 0. The molecule has 0 aliphatic carbocycles. The first-order chi connectivity index (χ1) is 8.56. The Labute approximate surface area is 117 Å². The predicted molar refractivity (Wildman–Crippen MR) is 76.2 cm³/mol. The zero-order valence-corrected chi connectivity index (χ0v) is 12.6. The van der Waals surface area contributed by atoms with E-state index in [1.54, 1.807) is 12.1 Å². The molecule has 0 aliphatic heterocycles. The molecular formula is C14H21BrFNO. The number of nitrogens with zero attached hydrogens (tertiary/aromatic N) is 1. The molecule has 1 aromatic carbocycles. The number of rotatable bonds is 7. The predicted octanol–water partition coefficient (Wildman–Crippen LogP) is 3.22. The summed E-state index contributed by atoms with van der Waals surface area (Å²) in [4.78, 5) is 2.28. The molecule has 1 N–H and O–H groups in total. The van der Waals surface area contributed by atoms with Crippen LogP contribution in [0.3, 0.4) is 0 Å². The molecule has 2 nitrogen and oxygen atoms in total. The van der Waals surface area contributed by atoms with Crippen LogP contribution in [-0.2, 0) is 6.42 Å². The lowest BCUT2D eigenvalue weighted by atomic mass is 10.1. The SMILES string of the molecule is CCN(CC)CCC(O)Cc1ccc(F)c(Br)c1. The van der Waals surface area contributed by atoms with E-state index in [0.29, 0.717) is 10.9 Å². The fraction of sp³-hybridized carbons (Fsp3) is 0.571. The molecule has 0 saturated carbocycles. The third-order valence-corrected chi connectivity index (χ3v) is 3.74. The zero-order chi connectivity index (χ0) is 13.5. The second kappa shape index (κ2) is 7.87. The van der Waals surface area contributed by atoms with Crippen molar-refractivity contribution in [3.8, 4) is 0 Å². The van der Waals surface area contributed by atoms with Gasteiger partial charge in [-0.3, -0.25) is 0 Å². The molecule has 0 fully saturated rings. The van der Waals surface area contributed by atoms with Crippen molar-refractivity contribution in [2.75, 3.05) is 19.6 Å². The Morgan fingerprint density at radius 1 is 1.33 bits per heavy atom. The highest BCUT2D eigenvalue weighted by Gasteiger charge is 2.09. The van der Waals surface area contributed by atoms with Gasteiger partial charge in [-0.25, -0.2) is 4.39 Å². The first-order valence-corrected chi connectivity index (χ1v) is 7.20. The number of hydrogen-bond donors (Lipinski definition) is 1. The van der Waals surface area contributed by atoms with Gasteiger partial charge in [0, 0.05) is 6.54 Å². The van der Waals surface area contributed by atoms with Crippen LogP contribution in [0.2, 0.25) is 0 Å². The highest BCUT2D eigenvalue weighted by atomic mass is 79.9. The van der Waals surface area contributed by atoms with Crippen LogP contribution in [-0.4, -0.2) is 35.7 Å². The van der Waals surface area contributed by atoms with Crippen molar-refractivity contribution in [3.63, 3.8) is 0 Å². The second-order valence-corrected chi connectivity index (χ2v) is 5.28. The van der Waals surface area contributed by atoms with E-state index in [9.17, 15) is 9.50 Å². The molecule has 0 spiro atoms. The molecule has 0 bridgehead atoms. The van der Waals surface area contributed by atoms with Crippen molar-refractivity contribution >= 4 is 15.9 Å². The zero-order valence-electron chi connectivity index (χ0n) is 11.0. The van der Waals surface area contributed by atoms with E-state index in [2.05, 4.69) is 34.7 Å². The lowest BCUT2D eigenvalue weighted by molar-refractivity contribution is 0.143. The molecule has 0 radical (unpaired) electrons. The second-order valence-electron chi connectivity index (χ2n) is 4.42. The number of benzene rings is 1. The van der Waals surface area contributed by atoms with Crippen molar-refractivity contribution < 1.29 is 9.50 Å². The van der Waals surface area contributed by atoms with Crippen molar-refractivity contribution in [1.82, 2.24) is 4.90 Å². The van der Waals surface area contributed by atoms with Crippen molar-refractivity contribution in [1.29, 1.82) is 0 Å². The van der Waals surface area contributed by atoms with E-state index in [0.717, 1.165) is 31.6 Å². The normalized spacial score (nSPS) is 13.0. The standard InChI is InChI=1S/C14H21BrFNO/c1-3-17(4-2)8-7-12(18)9-11-5-6-14(16)13(15)10-11/h5-6,10,12,18H,3-4,7-9H2,1-2H3. The molecule has 1 aromatic rings. The van der Waals surface area contributed by atoms with Gasteiger partial charge in [-0.05, 0) is 59.6 Å². The van der Waals surface area contributed by atoms with Crippen LogP contribution in [0.1, 0.15) is 25.8 Å². The molecule has 4 heteroatoms. The van der Waals surface area contributed by atoms with Crippen LogP contribution in [0.25, 0.3) is 0 Å². The summed E-state index contributed by atoms with van der Waals surface area (Å²) < 4.78 is 13.5. The monoisotopic (exact) mass is 317 g/mol. The smallest absolute Gasteiger partial charge is 0.137 e. The maximum Gasteiger partial charge on any atom is 0.137 e. The minimum atomic E-state index is -0.372. The van der Waals surface area contributed by atoms with Gasteiger partial charge in [0.1, 0.15) is 5.82 Å². The maximum atomic E-state index is 13.1. The third kappa shape index (κ3) is 5.04. The molecular weight excluding hydrogens is 297 g/mol.